The summed E-state index contributed by atoms with van der Waals surface area (Å²) in [5.41, 5.74) is -0.347. The van der Waals surface area contributed by atoms with Crippen LogP contribution in [-0.4, -0.2) is 11.6 Å². The molecule has 2 nitrogen and oxygen atoms in total. The van der Waals surface area contributed by atoms with Crippen LogP contribution in [-0.2, 0) is 9.53 Å². The van der Waals surface area contributed by atoms with Gasteiger partial charge in [0, 0.05) is 6.92 Å². The van der Waals surface area contributed by atoms with Crippen molar-refractivity contribution in [3.05, 3.63) is 0 Å². The molecule has 0 aromatic heterocycles. The maximum atomic E-state index is 10.9. The van der Waals surface area contributed by atoms with Crippen LogP contribution in [0.15, 0.2) is 0 Å². The third kappa shape index (κ3) is 4.12. The highest BCUT2D eigenvalue weighted by atomic mass is 16.6. The van der Waals surface area contributed by atoms with Gasteiger partial charge in [-0.3, -0.25) is 4.79 Å². The van der Waals surface area contributed by atoms with Crippen LogP contribution in [0.25, 0.3) is 0 Å². The molecule has 0 heterocycles. The van der Waals surface area contributed by atoms with E-state index in [1.165, 1.54) is 19.8 Å². The molecule has 2 unspecified atom stereocenters. The zero-order valence-electron chi connectivity index (χ0n) is 10.4. The smallest absolute Gasteiger partial charge is 0.303 e. The van der Waals surface area contributed by atoms with Crippen molar-refractivity contribution in [2.75, 3.05) is 0 Å². The third-order valence-corrected chi connectivity index (χ3v) is 3.10. The Bertz CT molecular complexity index is 185. The fraction of sp³-hybridized carbons (Fsp3) is 0.917. The van der Waals surface area contributed by atoms with Gasteiger partial charge in [-0.25, -0.2) is 0 Å². The first-order valence-corrected chi connectivity index (χ1v) is 5.50. The van der Waals surface area contributed by atoms with Gasteiger partial charge >= 0.3 is 5.97 Å². The average Bonchev–Trinajstić information content (AvgIpc) is 2.01. The van der Waals surface area contributed by atoms with E-state index in [2.05, 4.69) is 20.8 Å². The molecule has 0 radical (unpaired) electrons. The van der Waals surface area contributed by atoms with E-state index in [-0.39, 0.29) is 11.6 Å². The normalized spacial score (nSPS) is 16.1. The van der Waals surface area contributed by atoms with E-state index in [1.54, 1.807) is 0 Å². The van der Waals surface area contributed by atoms with Crippen molar-refractivity contribution in [1.82, 2.24) is 0 Å². The number of ether oxygens (including phenoxy) is 1. The number of carbonyl (C=O) groups is 1. The SMILES string of the molecule is CCCC(C)C(C)C(C)(C)OC(C)=O. The molecule has 0 aliphatic rings. The van der Waals surface area contributed by atoms with E-state index in [0.29, 0.717) is 11.8 Å². The summed E-state index contributed by atoms with van der Waals surface area (Å²) in [6.07, 6.45) is 2.37. The molecule has 0 saturated heterocycles. The molecule has 0 aliphatic carbocycles. The van der Waals surface area contributed by atoms with Crippen molar-refractivity contribution in [3.63, 3.8) is 0 Å². The highest BCUT2D eigenvalue weighted by Crippen LogP contribution is 2.30. The first kappa shape index (κ1) is 13.5. The molecule has 0 amide bonds. The van der Waals surface area contributed by atoms with Crippen molar-refractivity contribution in [3.8, 4) is 0 Å². The van der Waals surface area contributed by atoms with Gasteiger partial charge in [-0.2, -0.15) is 0 Å². The second-order valence-corrected chi connectivity index (χ2v) is 4.75. The molecule has 0 spiro atoms. The first-order valence-electron chi connectivity index (χ1n) is 5.50. The minimum Gasteiger partial charge on any atom is -0.460 e. The summed E-state index contributed by atoms with van der Waals surface area (Å²) in [6, 6.07) is 0. The molecule has 0 saturated carbocycles. The summed E-state index contributed by atoms with van der Waals surface area (Å²) in [5, 5.41) is 0. The predicted molar refractivity (Wildman–Crippen MR) is 59.1 cm³/mol. The van der Waals surface area contributed by atoms with Crippen LogP contribution >= 0.6 is 0 Å². The monoisotopic (exact) mass is 200 g/mol. The summed E-state index contributed by atoms with van der Waals surface area (Å²) in [6.45, 7) is 12.0. The van der Waals surface area contributed by atoms with Crippen molar-refractivity contribution in [1.29, 1.82) is 0 Å². The van der Waals surface area contributed by atoms with Crippen molar-refractivity contribution < 1.29 is 9.53 Å². The first-order chi connectivity index (χ1) is 6.31. The molecule has 2 heteroatoms. The number of rotatable bonds is 5. The van der Waals surface area contributed by atoms with Gasteiger partial charge in [0.2, 0.25) is 0 Å². The van der Waals surface area contributed by atoms with Crippen LogP contribution in [0.5, 0.6) is 0 Å². The highest BCUT2D eigenvalue weighted by Gasteiger charge is 2.32. The molecule has 0 N–H and O–H groups in total. The second-order valence-electron chi connectivity index (χ2n) is 4.75. The standard InChI is InChI=1S/C12H24O2/c1-7-8-9(2)10(3)12(5,6)14-11(4)13/h9-10H,7-8H2,1-6H3. The van der Waals surface area contributed by atoms with Crippen LogP contribution < -0.4 is 0 Å². The molecule has 0 rings (SSSR count). The second kappa shape index (κ2) is 5.38. The van der Waals surface area contributed by atoms with Crippen molar-refractivity contribution in [2.24, 2.45) is 11.8 Å². The summed E-state index contributed by atoms with van der Waals surface area (Å²) in [5.74, 6) is 0.797. The molecule has 84 valence electrons. The van der Waals surface area contributed by atoms with Gasteiger partial charge in [-0.15, -0.1) is 0 Å². The van der Waals surface area contributed by atoms with E-state index >= 15 is 0 Å². The van der Waals surface area contributed by atoms with Crippen LogP contribution in [0, 0.1) is 11.8 Å². The lowest BCUT2D eigenvalue weighted by Crippen LogP contribution is -2.37. The maximum absolute atomic E-state index is 10.9. The van der Waals surface area contributed by atoms with Gasteiger partial charge in [-0.05, 0) is 25.7 Å². The number of hydrogen-bond donors (Lipinski definition) is 0. The molecule has 14 heavy (non-hydrogen) atoms. The molecule has 2 atom stereocenters. The van der Waals surface area contributed by atoms with E-state index in [1.807, 2.05) is 13.8 Å². The predicted octanol–water partition coefficient (Wildman–Crippen LogP) is 3.40. The Kier molecular flexibility index (Phi) is 5.17. The number of esters is 1. The summed E-state index contributed by atoms with van der Waals surface area (Å²) >= 11 is 0. The van der Waals surface area contributed by atoms with Gasteiger partial charge in [-0.1, -0.05) is 33.6 Å². The van der Waals surface area contributed by atoms with Crippen LogP contribution in [0.2, 0.25) is 0 Å². The lowest BCUT2D eigenvalue weighted by molar-refractivity contribution is -0.160. The van der Waals surface area contributed by atoms with Crippen molar-refractivity contribution in [2.45, 2.75) is 60.0 Å². The van der Waals surface area contributed by atoms with Gasteiger partial charge in [0.1, 0.15) is 5.60 Å². The topological polar surface area (TPSA) is 26.3 Å². The third-order valence-electron chi connectivity index (χ3n) is 3.10. The molecule has 0 aromatic carbocycles. The average molecular weight is 200 g/mol. The van der Waals surface area contributed by atoms with E-state index in [4.69, 9.17) is 4.74 Å². The Balaban J connectivity index is 4.32. The summed E-state index contributed by atoms with van der Waals surface area (Å²) in [4.78, 5) is 10.9. The van der Waals surface area contributed by atoms with Gasteiger partial charge in [0.15, 0.2) is 0 Å². The molecule has 0 aliphatic heterocycles. The van der Waals surface area contributed by atoms with Crippen LogP contribution in [0.4, 0.5) is 0 Å². The van der Waals surface area contributed by atoms with E-state index in [0.717, 1.165) is 0 Å². The number of carbonyl (C=O) groups excluding carboxylic acids is 1. The molecule has 0 aromatic rings. The molecular formula is C12H24O2. The van der Waals surface area contributed by atoms with Crippen LogP contribution in [0.1, 0.15) is 54.4 Å². The lowest BCUT2D eigenvalue weighted by atomic mass is 9.80. The Labute approximate surface area is 88.0 Å². The minimum absolute atomic E-state index is 0.189. The highest BCUT2D eigenvalue weighted by molar-refractivity contribution is 5.66. The fourth-order valence-electron chi connectivity index (χ4n) is 1.85. The Morgan fingerprint density at radius 3 is 2.21 bits per heavy atom. The van der Waals surface area contributed by atoms with Gasteiger partial charge < -0.3 is 4.74 Å². The zero-order chi connectivity index (χ0) is 11.4. The van der Waals surface area contributed by atoms with Gasteiger partial charge in [0.05, 0.1) is 0 Å². The number of hydrogen-bond acceptors (Lipinski definition) is 2. The van der Waals surface area contributed by atoms with E-state index in [9.17, 15) is 4.79 Å². The van der Waals surface area contributed by atoms with Crippen molar-refractivity contribution >= 4 is 5.97 Å². The summed E-state index contributed by atoms with van der Waals surface area (Å²) in [7, 11) is 0. The summed E-state index contributed by atoms with van der Waals surface area (Å²) < 4.78 is 5.33. The van der Waals surface area contributed by atoms with E-state index < -0.39 is 0 Å². The largest absolute Gasteiger partial charge is 0.460 e. The fourth-order valence-corrected chi connectivity index (χ4v) is 1.85. The zero-order valence-corrected chi connectivity index (χ0v) is 10.4. The Morgan fingerprint density at radius 2 is 1.86 bits per heavy atom. The Hall–Kier alpha value is -0.530. The molecule has 0 bridgehead atoms. The molecular weight excluding hydrogens is 176 g/mol. The lowest BCUT2D eigenvalue weighted by Gasteiger charge is -2.35. The molecule has 0 fully saturated rings. The maximum Gasteiger partial charge on any atom is 0.303 e. The van der Waals surface area contributed by atoms with Crippen LogP contribution in [0.3, 0.4) is 0 Å². The minimum atomic E-state index is -0.347. The quantitative estimate of drug-likeness (QED) is 0.636. The Morgan fingerprint density at radius 1 is 1.36 bits per heavy atom. The van der Waals surface area contributed by atoms with Gasteiger partial charge in [0.25, 0.3) is 0 Å².